The molecule has 1 aromatic carbocycles. The van der Waals surface area contributed by atoms with Gasteiger partial charge in [0, 0.05) is 31.1 Å². The molecular weight excluding hydrogens is 242 g/mol. The first-order valence-corrected chi connectivity index (χ1v) is 5.32. The highest BCUT2D eigenvalue weighted by Gasteiger charge is 2.17. The molecule has 0 atom stereocenters. The highest BCUT2D eigenvalue weighted by atomic mass is 19.1. The first-order chi connectivity index (χ1) is 8.67. The second kappa shape index (κ2) is 5.14. The lowest BCUT2D eigenvalue weighted by Gasteiger charge is -2.09. The Hall–Kier alpha value is -1.95. The maximum absolute atomic E-state index is 13.8. The summed E-state index contributed by atoms with van der Waals surface area (Å²) in [6.45, 7) is 0.0863. The van der Waals surface area contributed by atoms with Crippen molar-refractivity contribution in [1.29, 1.82) is 0 Å². The molecule has 1 N–H and O–H groups in total. The fourth-order valence-corrected chi connectivity index (χ4v) is 1.71. The number of halogens is 2. The van der Waals surface area contributed by atoms with Crippen LogP contribution in [-0.4, -0.2) is 28.4 Å². The van der Waals surface area contributed by atoms with Crippen LogP contribution in [0.1, 0.15) is 0 Å². The minimum atomic E-state index is -0.753. The van der Waals surface area contributed by atoms with Crippen LogP contribution in [0.25, 0.3) is 11.4 Å². The van der Waals surface area contributed by atoms with E-state index in [1.807, 2.05) is 0 Å². The van der Waals surface area contributed by atoms with Gasteiger partial charge in [0.25, 0.3) is 0 Å². The minimum Gasteiger partial charge on any atom is -0.497 e. The van der Waals surface area contributed by atoms with E-state index in [1.54, 1.807) is 6.20 Å². The van der Waals surface area contributed by atoms with E-state index >= 15 is 0 Å². The summed E-state index contributed by atoms with van der Waals surface area (Å²) in [5.41, 5.74) is -0.228. The minimum absolute atomic E-state index is 0.106. The predicted octanol–water partition coefficient (Wildman–Crippen LogP) is 1.83. The van der Waals surface area contributed by atoms with Gasteiger partial charge in [-0.2, -0.15) is 0 Å². The molecule has 6 heteroatoms. The Morgan fingerprint density at radius 3 is 2.56 bits per heavy atom. The molecule has 2 rings (SSSR count). The van der Waals surface area contributed by atoms with Crippen molar-refractivity contribution in [3.05, 3.63) is 36.2 Å². The van der Waals surface area contributed by atoms with Crippen LogP contribution in [0, 0.1) is 11.6 Å². The average Bonchev–Trinajstić information content (AvgIpc) is 2.77. The number of aliphatic hydroxyl groups excluding tert-OH is 1. The van der Waals surface area contributed by atoms with Crippen LogP contribution in [0.3, 0.4) is 0 Å². The highest BCUT2D eigenvalue weighted by molar-refractivity contribution is 5.59. The van der Waals surface area contributed by atoms with Crippen LogP contribution in [0.2, 0.25) is 0 Å². The molecular formula is C12H12F2N2O2. The van der Waals surface area contributed by atoms with Gasteiger partial charge in [-0.3, -0.25) is 0 Å². The molecule has 0 aliphatic heterocycles. The Kier molecular flexibility index (Phi) is 3.57. The van der Waals surface area contributed by atoms with Gasteiger partial charge < -0.3 is 14.4 Å². The smallest absolute Gasteiger partial charge is 0.145 e. The number of methoxy groups -OCH3 is 1. The second-order valence-corrected chi connectivity index (χ2v) is 3.63. The third-order valence-corrected chi connectivity index (χ3v) is 2.53. The van der Waals surface area contributed by atoms with Crippen LogP contribution >= 0.6 is 0 Å². The van der Waals surface area contributed by atoms with Crippen molar-refractivity contribution < 1.29 is 18.6 Å². The van der Waals surface area contributed by atoms with Crippen LogP contribution in [0.5, 0.6) is 5.75 Å². The molecule has 0 saturated carbocycles. The number of benzene rings is 1. The first-order valence-electron chi connectivity index (χ1n) is 5.32. The van der Waals surface area contributed by atoms with Gasteiger partial charge in [-0.05, 0) is 0 Å². The zero-order valence-corrected chi connectivity index (χ0v) is 9.73. The number of nitrogens with zero attached hydrogens (tertiary/aromatic N) is 2. The Bertz CT molecular complexity index is 532. The molecule has 96 valence electrons. The summed E-state index contributed by atoms with van der Waals surface area (Å²) in [7, 11) is 1.33. The fourth-order valence-electron chi connectivity index (χ4n) is 1.71. The number of imidazole rings is 1. The number of ether oxygens (including phenoxy) is 1. The van der Waals surface area contributed by atoms with Crippen LogP contribution in [-0.2, 0) is 6.54 Å². The highest BCUT2D eigenvalue weighted by Crippen LogP contribution is 2.28. The molecule has 0 unspecified atom stereocenters. The Balaban J connectivity index is 2.53. The lowest BCUT2D eigenvalue weighted by atomic mass is 10.1. The van der Waals surface area contributed by atoms with Gasteiger partial charge in [-0.1, -0.05) is 0 Å². The summed E-state index contributed by atoms with van der Waals surface area (Å²) in [6.07, 6.45) is 2.97. The molecule has 0 fully saturated rings. The number of hydrogen-bond acceptors (Lipinski definition) is 3. The predicted molar refractivity (Wildman–Crippen MR) is 61.2 cm³/mol. The molecule has 1 heterocycles. The van der Waals surface area contributed by atoms with E-state index in [-0.39, 0.29) is 30.3 Å². The van der Waals surface area contributed by atoms with Gasteiger partial charge in [0.05, 0.1) is 19.3 Å². The molecule has 0 radical (unpaired) electrons. The summed E-state index contributed by atoms with van der Waals surface area (Å²) in [5.74, 6) is -1.26. The summed E-state index contributed by atoms with van der Waals surface area (Å²) < 4.78 is 34.0. The van der Waals surface area contributed by atoms with Crippen LogP contribution in [0.4, 0.5) is 8.78 Å². The Morgan fingerprint density at radius 2 is 2.00 bits per heavy atom. The standard InChI is InChI=1S/C12H12F2N2O2/c1-18-8-6-9(13)11(10(14)7-8)12-15-2-3-16(12)4-5-17/h2-3,6-7,17H,4-5H2,1H3. The molecule has 0 aliphatic rings. The molecule has 0 aliphatic carbocycles. The normalized spacial score (nSPS) is 10.7. The van der Waals surface area contributed by atoms with Crippen LogP contribution < -0.4 is 4.74 Å². The molecule has 0 amide bonds. The fraction of sp³-hybridized carbons (Fsp3) is 0.250. The number of aromatic nitrogens is 2. The van der Waals surface area contributed by atoms with Crippen molar-refractivity contribution in [3.63, 3.8) is 0 Å². The summed E-state index contributed by atoms with van der Waals surface area (Å²) in [4.78, 5) is 3.91. The van der Waals surface area contributed by atoms with Gasteiger partial charge in [-0.15, -0.1) is 0 Å². The van der Waals surface area contributed by atoms with Crippen molar-refractivity contribution in [2.45, 2.75) is 6.54 Å². The Labute approximate surface area is 102 Å². The van der Waals surface area contributed by atoms with E-state index in [1.165, 1.54) is 17.9 Å². The zero-order valence-electron chi connectivity index (χ0n) is 9.73. The molecule has 0 bridgehead atoms. The summed E-state index contributed by atoms with van der Waals surface area (Å²) in [6, 6.07) is 2.19. The van der Waals surface area contributed by atoms with E-state index in [0.717, 1.165) is 12.1 Å². The topological polar surface area (TPSA) is 47.3 Å². The van der Waals surface area contributed by atoms with Gasteiger partial charge in [0.2, 0.25) is 0 Å². The molecule has 4 nitrogen and oxygen atoms in total. The molecule has 18 heavy (non-hydrogen) atoms. The SMILES string of the molecule is COc1cc(F)c(-c2nccn2CCO)c(F)c1. The quantitative estimate of drug-likeness (QED) is 0.905. The maximum atomic E-state index is 13.8. The Morgan fingerprint density at radius 1 is 1.33 bits per heavy atom. The van der Waals surface area contributed by atoms with Gasteiger partial charge in [0.15, 0.2) is 0 Å². The van der Waals surface area contributed by atoms with Gasteiger partial charge >= 0.3 is 0 Å². The van der Waals surface area contributed by atoms with E-state index in [9.17, 15) is 8.78 Å². The zero-order chi connectivity index (χ0) is 13.1. The molecule has 2 aromatic rings. The molecule has 0 saturated heterocycles. The number of hydrogen-bond donors (Lipinski definition) is 1. The number of aliphatic hydroxyl groups is 1. The van der Waals surface area contributed by atoms with Crippen molar-refractivity contribution in [2.24, 2.45) is 0 Å². The lowest BCUT2D eigenvalue weighted by molar-refractivity contribution is 0.276. The first kappa shape index (κ1) is 12.5. The third-order valence-electron chi connectivity index (χ3n) is 2.53. The van der Waals surface area contributed by atoms with E-state index in [4.69, 9.17) is 9.84 Å². The second-order valence-electron chi connectivity index (χ2n) is 3.63. The lowest BCUT2D eigenvalue weighted by Crippen LogP contribution is -2.05. The monoisotopic (exact) mass is 254 g/mol. The van der Waals surface area contributed by atoms with Crippen molar-refractivity contribution in [3.8, 4) is 17.1 Å². The summed E-state index contributed by atoms with van der Waals surface area (Å²) >= 11 is 0. The molecule has 0 spiro atoms. The van der Waals surface area contributed by atoms with E-state index in [0.29, 0.717) is 0 Å². The molecule has 1 aromatic heterocycles. The third kappa shape index (κ3) is 2.19. The van der Waals surface area contributed by atoms with Gasteiger partial charge in [-0.25, -0.2) is 13.8 Å². The average molecular weight is 254 g/mol. The van der Waals surface area contributed by atoms with Crippen LogP contribution in [0.15, 0.2) is 24.5 Å². The van der Waals surface area contributed by atoms with E-state index < -0.39 is 11.6 Å². The summed E-state index contributed by atoms with van der Waals surface area (Å²) in [5, 5.41) is 8.87. The largest absolute Gasteiger partial charge is 0.497 e. The maximum Gasteiger partial charge on any atom is 0.145 e. The van der Waals surface area contributed by atoms with E-state index in [2.05, 4.69) is 4.98 Å². The van der Waals surface area contributed by atoms with Crippen molar-refractivity contribution in [2.75, 3.05) is 13.7 Å². The van der Waals surface area contributed by atoms with Crippen molar-refractivity contribution in [1.82, 2.24) is 9.55 Å². The van der Waals surface area contributed by atoms with Crippen molar-refractivity contribution >= 4 is 0 Å². The number of rotatable bonds is 4. The van der Waals surface area contributed by atoms with Gasteiger partial charge in [0.1, 0.15) is 23.2 Å².